The number of benzene rings is 2. The first kappa shape index (κ1) is 26.6. The van der Waals surface area contributed by atoms with Gasteiger partial charge in [0, 0.05) is 36.0 Å². The van der Waals surface area contributed by atoms with E-state index in [1.807, 2.05) is 36.4 Å². The summed E-state index contributed by atoms with van der Waals surface area (Å²) in [6.07, 6.45) is 1.67. The van der Waals surface area contributed by atoms with Crippen LogP contribution in [0.5, 0.6) is 0 Å². The number of aromatic nitrogens is 4. The Morgan fingerprint density at radius 2 is 1.80 bits per heavy atom. The number of anilines is 1. The summed E-state index contributed by atoms with van der Waals surface area (Å²) in [5.41, 5.74) is 2.99. The van der Waals surface area contributed by atoms with Crippen molar-refractivity contribution in [1.82, 2.24) is 18.9 Å². The molecule has 0 saturated heterocycles. The fraction of sp³-hybridized carbons (Fsp3) is 0.100. The molecule has 0 aliphatic carbocycles. The second-order valence-electron chi connectivity index (χ2n) is 9.16. The summed E-state index contributed by atoms with van der Waals surface area (Å²) in [5.74, 6) is -0.317. The zero-order valence-corrected chi connectivity index (χ0v) is 23.4. The van der Waals surface area contributed by atoms with Crippen LogP contribution in [0.1, 0.15) is 10.4 Å². The number of pyridine rings is 2. The lowest BCUT2D eigenvalue weighted by Gasteiger charge is -2.13. The van der Waals surface area contributed by atoms with Gasteiger partial charge in [-0.2, -0.15) is 0 Å². The highest BCUT2D eigenvalue weighted by Gasteiger charge is 2.21. The lowest BCUT2D eigenvalue weighted by molar-refractivity contribution is 0.102. The van der Waals surface area contributed by atoms with Gasteiger partial charge < -0.3 is 14.6 Å². The van der Waals surface area contributed by atoms with E-state index in [1.54, 1.807) is 60.3 Å². The molecule has 6 aromatic rings. The Balaban J connectivity index is 1.55. The zero-order valence-electron chi connectivity index (χ0n) is 21.8. The number of nitrogens with one attached hydrogen (secondary N) is 2. The minimum absolute atomic E-state index is 0.130. The Hall–Kier alpha value is -4.64. The number of hydrogen-bond donors (Lipinski definition) is 2. The van der Waals surface area contributed by atoms with Gasteiger partial charge in [-0.3, -0.25) is 19.4 Å². The molecule has 0 saturated carbocycles. The molecular formula is C30H23ClN6O3S. The van der Waals surface area contributed by atoms with Gasteiger partial charge in [-0.1, -0.05) is 59.3 Å². The maximum atomic E-state index is 13.6. The largest absolute Gasteiger partial charge is 0.383 e. The molecule has 0 aliphatic heterocycles. The summed E-state index contributed by atoms with van der Waals surface area (Å²) in [4.78, 5) is 36.3. The van der Waals surface area contributed by atoms with Crippen LogP contribution in [0.4, 0.5) is 5.00 Å². The molecule has 0 radical (unpaired) electrons. The number of amides is 1. The molecule has 6 rings (SSSR count). The lowest BCUT2D eigenvalue weighted by atomic mass is 10.1. The third-order valence-electron chi connectivity index (χ3n) is 6.58. The van der Waals surface area contributed by atoms with Crippen molar-refractivity contribution in [3.05, 3.63) is 111 Å². The molecule has 41 heavy (non-hydrogen) atoms. The number of carbonyl (C=O) groups excluding carboxylic acids is 1. The highest BCUT2D eigenvalue weighted by atomic mass is 35.5. The van der Waals surface area contributed by atoms with Crippen LogP contribution in [-0.4, -0.2) is 38.6 Å². The van der Waals surface area contributed by atoms with Crippen LogP contribution in [-0.2, 0) is 11.3 Å². The van der Waals surface area contributed by atoms with Crippen LogP contribution in [0.2, 0.25) is 5.02 Å². The number of rotatable bonds is 7. The Bertz CT molecular complexity index is 2030. The van der Waals surface area contributed by atoms with Crippen LogP contribution in [0, 0.1) is 5.41 Å². The Kier molecular flexibility index (Phi) is 7.19. The maximum absolute atomic E-state index is 13.6. The second kappa shape index (κ2) is 11.1. The predicted octanol–water partition coefficient (Wildman–Crippen LogP) is 5.47. The van der Waals surface area contributed by atoms with E-state index in [0.29, 0.717) is 61.7 Å². The summed E-state index contributed by atoms with van der Waals surface area (Å²) < 4.78 is 8.45. The van der Waals surface area contributed by atoms with E-state index in [-0.39, 0.29) is 17.0 Å². The number of methoxy groups -OCH3 is 1. The molecule has 0 atom stereocenters. The van der Waals surface area contributed by atoms with Gasteiger partial charge in [0.15, 0.2) is 0 Å². The fourth-order valence-electron chi connectivity index (χ4n) is 4.54. The molecule has 0 unspecified atom stereocenters. The number of ether oxygens (including phenoxy) is 1. The van der Waals surface area contributed by atoms with Crippen molar-refractivity contribution in [2.75, 3.05) is 19.0 Å². The van der Waals surface area contributed by atoms with Gasteiger partial charge in [0.05, 0.1) is 17.6 Å². The van der Waals surface area contributed by atoms with Gasteiger partial charge in [0.1, 0.15) is 32.5 Å². The van der Waals surface area contributed by atoms with Gasteiger partial charge in [0.25, 0.3) is 11.5 Å². The van der Waals surface area contributed by atoms with Gasteiger partial charge in [-0.25, -0.2) is 9.97 Å². The molecule has 204 valence electrons. The molecule has 4 heterocycles. The van der Waals surface area contributed by atoms with Crippen molar-refractivity contribution < 1.29 is 9.53 Å². The first-order chi connectivity index (χ1) is 19.9. The van der Waals surface area contributed by atoms with Gasteiger partial charge in [-0.05, 0) is 42.5 Å². The minimum atomic E-state index is -0.317. The van der Waals surface area contributed by atoms with Crippen LogP contribution < -0.4 is 16.4 Å². The van der Waals surface area contributed by atoms with Crippen molar-refractivity contribution in [3.8, 4) is 21.8 Å². The van der Waals surface area contributed by atoms with E-state index < -0.39 is 0 Å². The monoisotopic (exact) mass is 582 g/mol. The molecule has 9 nitrogen and oxygen atoms in total. The van der Waals surface area contributed by atoms with Crippen LogP contribution in [0.3, 0.4) is 0 Å². The topological polar surface area (TPSA) is 114 Å². The number of fused-ring (bicyclic) bond motifs is 2. The van der Waals surface area contributed by atoms with Gasteiger partial charge in [0.2, 0.25) is 0 Å². The van der Waals surface area contributed by atoms with E-state index in [2.05, 4.69) is 5.32 Å². The molecule has 2 aromatic carbocycles. The Morgan fingerprint density at radius 3 is 2.56 bits per heavy atom. The zero-order chi connectivity index (χ0) is 28.5. The van der Waals surface area contributed by atoms with Crippen molar-refractivity contribution in [3.63, 3.8) is 0 Å². The predicted molar refractivity (Wildman–Crippen MR) is 161 cm³/mol. The molecule has 0 bridgehead atoms. The summed E-state index contributed by atoms with van der Waals surface area (Å²) in [6, 6.07) is 23.1. The minimum Gasteiger partial charge on any atom is -0.383 e. The third-order valence-corrected chi connectivity index (χ3v) is 7.83. The highest BCUT2D eigenvalue weighted by Crippen LogP contribution is 2.37. The van der Waals surface area contributed by atoms with Crippen molar-refractivity contribution >= 4 is 50.5 Å². The van der Waals surface area contributed by atoms with Crippen LogP contribution in [0.15, 0.2) is 89.9 Å². The highest BCUT2D eigenvalue weighted by molar-refractivity contribution is 7.19. The smallest absolute Gasteiger partial charge is 0.267 e. The van der Waals surface area contributed by atoms with E-state index in [9.17, 15) is 9.59 Å². The van der Waals surface area contributed by atoms with Crippen LogP contribution in [0.25, 0.3) is 38.5 Å². The number of nitrogens with zero attached hydrogens (tertiary/aromatic N) is 4. The summed E-state index contributed by atoms with van der Waals surface area (Å²) in [5, 5.41) is 14.0. The average Bonchev–Trinajstić information content (AvgIpc) is 3.41. The first-order valence-corrected chi connectivity index (χ1v) is 13.9. The number of halogens is 1. The average molecular weight is 583 g/mol. The summed E-state index contributed by atoms with van der Waals surface area (Å²) >= 11 is 7.24. The molecule has 0 aliphatic rings. The summed E-state index contributed by atoms with van der Waals surface area (Å²) in [6.45, 7) is 0.632. The van der Waals surface area contributed by atoms with E-state index in [0.717, 1.165) is 5.56 Å². The van der Waals surface area contributed by atoms with Gasteiger partial charge in [-0.15, -0.1) is 0 Å². The quantitative estimate of drug-likeness (QED) is 0.242. The first-order valence-electron chi connectivity index (χ1n) is 12.7. The molecule has 0 spiro atoms. The SMILES string of the molecule is COCCn1c(=N)c(-c2nc(-c3ccccc3)c(NC(=O)c3ccc(Cl)cc3)s2)cc2c(=O)n3ccccc3nc21. The molecule has 2 N–H and O–H groups in total. The Morgan fingerprint density at radius 1 is 1.05 bits per heavy atom. The van der Waals surface area contributed by atoms with E-state index in [1.165, 1.54) is 15.7 Å². The summed E-state index contributed by atoms with van der Waals surface area (Å²) in [7, 11) is 1.58. The van der Waals surface area contributed by atoms with Crippen molar-refractivity contribution in [1.29, 1.82) is 5.41 Å². The van der Waals surface area contributed by atoms with Crippen molar-refractivity contribution in [2.24, 2.45) is 0 Å². The Labute approximate surface area is 242 Å². The molecular weight excluding hydrogens is 560 g/mol. The van der Waals surface area contributed by atoms with Crippen molar-refractivity contribution in [2.45, 2.75) is 6.54 Å². The molecule has 1 amide bonds. The fourth-order valence-corrected chi connectivity index (χ4v) is 5.66. The van der Waals surface area contributed by atoms with E-state index in [4.69, 9.17) is 31.7 Å². The third kappa shape index (κ3) is 5.04. The van der Waals surface area contributed by atoms with E-state index >= 15 is 0 Å². The number of carbonyl (C=O) groups is 1. The standard InChI is InChI=1S/C30H23ClN6O3S/c1-40-16-15-37-25(32)21(17-22-26(37)33-23-9-5-6-14-36(23)30(22)39)28-34-24(18-7-3-2-4-8-18)29(41-28)35-27(38)19-10-12-20(31)13-11-19/h2-14,17,32H,15-16H2,1H3,(H,35,38). The molecule has 11 heteroatoms. The van der Waals surface area contributed by atoms with Crippen LogP contribution >= 0.6 is 22.9 Å². The maximum Gasteiger partial charge on any atom is 0.267 e. The molecule has 4 aromatic heterocycles. The van der Waals surface area contributed by atoms with Gasteiger partial charge >= 0.3 is 0 Å². The second-order valence-corrected chi connectivity index (χ2v) is 10.6. The lowest BCUT2D eigenvalue weighted by Crippen LogP contribution is -2.28. The number of thiazole rings is 1. The molecule has 0 fully saturated rings. The number of hydrogen-bond acceptors (Lipinski definition) is 7. The normalized spacial score (nSPS) is 11.3.